The Kier molecular flexibility index (Phi) is 13.5. The lowest BCUT2D eigenvalue weighted by atomic mass is 9.91. The minimum Gasteiger partial charge on any atom is -0.467 e. The van der Waals surface area contributed by atoms with Gasteiger partial charge in [-0.25, -0.2) is 4.79 Å². The second kappa shape index (κ2) is 18.4. The fourth-order valence-corrected chi connectivity index (χ4v) is 5.69. The second-order valence-corrected chi connectivity index (χ2v) is 11.6. The highest BCUT2D eigenvalue weighted by molar-refractivity contribution is 5.74. The summed E-state index contributed by atoms with van der Waals surface area (Å²) >= 11 is 0. The Morgan fingerprint density at radius 2 is 1.02 bits per heavy atom. The summed E-state index contributed by atoms with van der Waals surface area (Å²) in [7, 11) is 1.26. The average Bonchev–Trinajstić information content (AvgIpc) is 3.13. The molecule has 1 fully saturated rings. The number of aliphatic hydroxyl groups is 1. The Bertz CT molecular complexity index is 1440. The molecule has 0 aromatic heterocycles. The van der Waals surface area contributed by atoms with Crippen LogP contribution in [0.15, 0.2) is 121 Å². The first kappa shape index (κ1) is 34.4. The van der Waals surface area contributed by atoms with Gasteiger partial charge in [-0.2, -0.15) is 0 Å². The highest BCUT2D eigenvalue weighted by Crippen LogP contribution is 2.33. The molecule has 0 radical (unpaired) electrons. The molecular weight excluding hydrogens is 596 g/mol. The van der Waals surface area contributed by atoms with Crippen LogP contribution in [0, 0.1) is 0 Å². The lowest BCUT2D eigenvalue weighted by Gasteiger charge is -2.46. The van der Waals surface area contributed by atoms with Crippen molar-refractivity contribution in [3.63, 3.8) is 0 Å². The maximum atomic E-state index is 12.1. The Morgan fingerprint density at radius 1 is 0.617 bits per heavy atom. The van der Waals surface area contributed by atoms with Crippen molar-refractivity contribution in [1.29, 1.82) is 0 Å². The summed E-state index contributed by atoms with van der Waals surface area (Å²) in [5, 5.41) is 10.5. The van der Waals surface area contributed by atoms with E-state index in [0.29, 0.717) is 32.8 Å². The first-order valence-electron chi connectivity index (χ1n) is 16.1. The van der Waals surface area contributed by atoms with Gasteiger partial charge in [0.2, 0.25) is 0 Å². The second-order valence-electron chi connectivity index (χ2n) is 11.6. The SMILES string of the molecule is COC(=O)[C@@H](O)CC[C@@H]1O[C@H](COCc2ccccc2)[C@H](OCc2ccccc2)[C@H](OCc2ccccc2)[C@H]1OCc1ccccc1. The molecule has 1 aliphatic rings. The monoisotopic (exact) mass is 640 g/mol. The molecular formula is C39H44O8. The van der Waals surface area contributed by atoms with E-state index in [2.05, 4.69) is 0 Å². The molecule has 0 bridgehead atoms. The quantitative estimate of drug-likeness (QED) is 0.140. The molecule has 1 heterocycles. The predicted octanol–water partition coefficient (Wildman–Crippen LogP) is 6.04. The van der Waals surface area contributed by atoms with Crippen molar-refractivity contribution in [3.8, 4) is 0 Å². The first-order chi connectivity index (χ1) is 23.1. The zero-order valence-electron chi connectivity index (χ0n) is 26.8. The van der Waals surface area contributed by atoms with E-state index in [0.717, 1.165) is 22.3 Å². The molecule has 0 unspecified atom stereocenters. The fourth-order valence-electron chi connectivity index (χ4n) is 5.69. The summed E-state index contributed by atoms with van der Waals surface area (Å²) in [5.41, 5.74) is 4.07. The minimum absolute atomic E-state index is 0.126. The average molecular weight is 641 g/mol. The Morgan fingerprint density at radius 3 is 1.47 bits per heavy atom. The van der Waals surface area contributed by atoms with Crippen LogP contribution in [0.25, 0.3) is 0 Å². The van der Waals surface area contributed by atoms with Gasteiger partial charge in [-0.1, -0.05) is 121 Å². The maximum Gasteiger partial charge on any atom is 0.334 e. The summed E-state index contributed by atoms with van der Waals surface area (Å²) in [6, 6.07) is 39.8. The standard InChI is InChI=1S/C39H44O8/c1-42-39(41)33(40)22-23-34-36(44-25-30-16-8-3-9-17-30)38(46-27-32-20-12-5-13-21-32)37(45-26-31-18-10-4-11-19-31)35(47-34)28-43-24-29-14-6-2-7-15-29/h2-21,33-38,40H,22-28H2,1H3/t33-,34-,35+,36-,37-,38+/m0/s1. The third-order valence-corrected chi connectivity index (χ3v) is 8.18. The van der Waals surface area contributed by atoms with Crippen molar-refractivity contribution in [2.45, 2.75) is 75.9 Å². The molecule has 47 heavy (non-hydrogen) atoms. The third kappa shape index (κ3) is 10.6. The number of carbonyl (C=O) groups excluding carboxylic acids is 1. The van der Waals surface area contributed by atoms with E-state index >= 15 is 0 Å². The Labute approximate surface area is 277 Å². The molecule has 4 aromatic rings. The number of hydrogen-bond donors (Lipinski definition) is 1. The molecule has 6 atom stereocenters. The molecule has 0 amide bonds. The van der Waals surface area contributed by atoms with Crippen LogP contribution in [0.4, 0.5) is 0 Å². The summed E-state index contributed by atoms with van der Waals surface area (Å²) in [6.45, 7) is 1.63. The van der Waals surface area contributed by atoms with Gasteiger partial charge in [-0.15, -0.1) is 0 Å². The summed E-state index contributed by atoms with van der Waals surface area (Å²) in [4.78, 5) is 12.1. The van der Waals surface area contributed by atoms with Crippen LogP contribution >= 0.6 is 0 Å². The number of methoxy groups -OCH3 is 1. The van der Waals surface area contributed by atoms with E-state index < -0.39 is 42.6 Å². The van der Waals surface area contributed by atoms with Crippen molar-refractivity contribution in [2.75, 3.05) is 13.7 Å². The van der Waals surface area contributed by atoms with Crippen LogP contribution in [0.5, 0.6) is 0 Å². The van der Waals surface area contributed by atoms with Crippen LogP contribution in [0.2, 0.25) is 0 Å². The zero-order valence-corrected chi connectivity index (χ0v) is 26.8. The van der Waals surface area contributed by atoms with Gasteiger partial charge in [0.15, 0.2) is 6.10 Å². The van der Waals surface area contributed by atoms with E-state index in [-0.39, 0.29) is 13.0 Å². The number of ether oxygens (including phenoxy) is 6. The summed E-state index contributed by atoms with van der Waals surface area (Å²) < 4.78 is 37.8. The number of benzene rings is 4. The number of rotatable bonds is 17. The van der Waals surface area contributed by atoms with Gasteiger partial charge in [-0.3, -0.25) is 0 Å². The minimum atomic E-state index is -1.29. The van der Waals surface area contributed by atoms with Gasteiger partial charge in [0, 0.05) is 0 Å². The van der Waals surface area contributed by atoms with Gasteiger partial charge in [0.05, 0.1) is 46.2 Å². The molecule has 1 N–H and O–H groups in total. The fraction of sp³-hybridized carbons (Fsp3) is 0.359. The lowest BCUT2D eigenvalue weighted by Crippen LogP contribution is -2.61. The maximum absolute atomic E-state index is 12.1. The molecule has 4 aromatic carbocycles. The van der Waals surface area contributed by atoms with Gasteiger partial charge in [0.1, 0.15) is 24.4 Å². The van der Waals surface area contributed by atoms with Gasteiger partial charge >= 0.3 is 5.97 Å². The zero-order chi connectivity index (χ0) is 32.7. The van der Waals surface area contributed by atoms with Gasteiger partial charge < -0.3 is 33.5 Å². The number of esters is 1. The lowest BCUT2D eigenvalue weighted by molar-refractivity contribution is -0.274. The van der Waals surface area contributed by atoms with Gasteiger partial charge in [-0.05, 0) is 35.1 Å². The molecule has 1 saturated heterocycles. The summed E-state index contributed by atoms with van der Waals surface area (Å²) in [5.74, 6) is -0.689. The van der Waals surface area contributed by atoms with Crippen molar-refractivity contribution in [1.82, 2.24) is 0 Å². The van der Waals surface area contributed by atoms with Crippen molar-refractivity contribution >= 4 is 5.97 Å². The molecule has 248 valence electrons. The third-order valence-electron chi connectivity index (χ3n) is 8.18. The predicted molar refractivity (Wildman–Crippen MR) is 177 cm³/mol. The smallest absolute Gasteiger partial charge is 0.334 e. The molecule has 1 aliphatic heterocycles. The molecule has 8 heteroatoms. The van der Waals surface area contributed by atoms with E-state index in [4.69, 9.17) is 28.4 Å². The van der Waals surface area contributed by atoms with Gasteiger partial charge in [0.25, 0.3) is 0 Å². The van der Waals surface area contributed by atoms with Crippen LogP contribution in [-0.4, -0.2) is 61.4 Å². The van der Waals surface area contributed by atoms with Crippen LogP contribution in [-0.2, 0) is 59.6 Å². The van der Waals surface area contributed by atoms with E-state index in [1.807, 2.05) is 121 Å². The Hall–Kier alpha value is -3.89. The first-order valence-corrected chi connectivity index (χ1v) is 16.1. The molecule has 0 saturated carbocycles. The highest BCUT2D eigenvalue weighted by Gasteiger charge is 2.48. The van der Waals surface area contributed by atoms with Crippen LogP contribution < -0.4 is 0 Å². The van der Waals surface area contributed by atoms with Crippen molar-refractivity contribution in [2.24, 2.45) is 0 Å². The van der Waals surface area contributed by atoms with Crippen LogP contribution in [0.3, 0.4) is 0 Å². The number of carbonyl (C=O) groups is 1. The highest BCUT2D eigenvalue weighted by atomic mass is 16.6. The van der Waals surface area contributed by atoms with E-state index in [9.17, 15) is 9.90 Å². The van der Waals surface area contributed by atoms with Crippen LogP contribution in [0.1, 0.15) is 35.1 Å². The topological polar surface area (TPSA) is 92.7 Å². The molecule has 5 rings (SSSR count). The van der Waals surface area contributed by atoms with E-state index in [1.165, 1.54) is 7.11 Å². The Balaban J connectivity index is 1.44. The molecule has 8 nitrogen and oxygen atoms in total. The van der Waals surface area contributed by atoms with Crippen molar-refractivity contribution < 1.29 is 38.3 Å². The number of hydrogen-bond acceptors (Lipinski definition) is 8. The largest absolute Gasteiger partial charge is 0.467 e. The molecule has 0 aliphatic carbocycles. The summed E-state index contributed by atoms with van der Waals surface area (Å²) in [6.07, 6.45) is -3.63. The number of aliphatic hydroxyl groups excluding tert-OH is 1. The van der Waals surface area contributed by atoms with Crippen molar-refractivity contribution in [3.05, 3.63) is 144 Å². The normalized spacial score (nSPS) is 21.6. The van der Waals surface area contributed by atoms with E-state index in [1.54, 1.807) is 0 Å². The molecule has 0 spiro atoms.